The van der Waals surface area contributed by atoms with Crippen molar-refractivity contribution in [2.24, 2.45) is 4.99 Å². The van der Waals surface area contributed by atoms with Gasteiger partial charge in [-0.25, -0.2) is 4.98 Å². The number of furan rings is 1. The Labute approximate surface area is 165 Å². The van der Waals surface area contributed by atoms with E-state index in [1.165, 1.54) is 0 Å². The number of pyridine rings is 1. The van der Waals surface area contributed by atoms with Gasteiger partial charge in [-0.3, -0.25) is 4.99 Å². The van der Waals surface area contributed by atoms with Crippen molar-refractivity contribution < 1.29 is 4.42 Å². The van der Waals surface area contributed by atoms with Crippen molar-refractivity contribution in [3.05, 3.63) is 60.5 Å². The van der Waals surface area contributed by atoms with Gasteiger partial charge in [-0.2, -0.15) is 0 Å². The summed E-state index contributed by atoms with van der Waals surface area (Å²) < 4.78 is 5.88. The first-order chi connectivity index (χ1) is 13.8. The maximum Gasteiger partial charge on any atom is 0.191 e. The molecule has 0 spiro atoms. The first kappa shape index (κ1) is 18.3. The molecule has 1 aliphatic heterocycles. The number of anilines is 1. The van der Waals surface area contributed by atoms with Crippen LogP contribution in [0.2, 0.25) is 0 Å². The number of rotatable bonds is 5. The van der Waals surface area contributed by atoms with Crippen molar-refractivity contribution in [2.45, 2.75) is 25.3 Å². The molecule has 0 atom stereocenters. The van der Waals surface area contributed by atoms with E-state index in [9.17, 15) is 0 Å². The molecule has 3 heterocycles. The summed E-state index contributed by atoms with van der Waals surface area (Å²) in [5, 5.41) is 8.11. The molecule has 0 amide bonds. The van der Waals surface area contributed by atoms with Gasteiger partial charge in [0.25, 0.3) is 0 Å². The lowest BCUT2D eigenvalue weighted by Crippen LogP contribution is -2.49. The third-order valence-electron chi connectivity index (χ3n) is 5.17. The number of aliphatic imine (C=N–C) groups is 1. The number of nitrogens with zero attached hydrogens (tertiary/aromatic N) is 3. The molecule has 146 valence electrons. The highest BCUT2D eigenvalue weighted by molar-refractivity contribution is 5.80. The largest absolute Gasteiger partial charge is 0.461 e. The van der Waals surface area contributed by atoms with Crippen LogP contribution in [0.1, 0.15) is 18.6 Å². The SMILES string of the molecule is CN=C(NCCc1cc2ccccc2o1)NC1CCN(c2ccccn2)CC1. The van der Waals surface area contributed by atoms with Gasteiger partial charge in [-0.05, 0) is 37.1 Å². The van der Waals surface area contributed by atoms with Crippen LogP contribution in [-0.2, 0) is 6.42 Å². The Kier molecular flexibility index (Phi) is 5.75. The molecule has 1 fully saturated rings. The molecule has 0 radical (unpaired) electrons. The summed E-state index contributed by atoms with van der Waals surface area (Å²) in [6.07, 6.45) is 4.82. The molecular formula is C22H27N5O. The van der Waals surface area contributed by atoms with Crippen molar-refractivity contribution in [3.63, 3.8) is 0 Å². The first-order valence-corrected chi connectivity index (χ1v) is 9.92. The minimum absolute atomic E-state index is 0.428. The zero-order chi connectivity index (χ0) is 19.2. The van der Waals surface area contributed by atoms with Crippen LogP contribution < -0.4 is 15.5 Å². The number of hydrogen-bond acceptors (Lipinski definition) is 4. The third-order valence-corrected chi connectivity index (χ3v) is 5.17. The summed E-state index contributed by atoms with van der Waals surface area (Å²) in [5.74, 6) is 2.91. The lowest BCUT2D eigenvalue weighted by atomic mass is 10.1. The molecule has 4 rings (SSSR count). The molecule has 0 bridgehead atoms. The Morgan fingerprint density at radius 2 is 2.00 bits per heavy atom. The number of aromatic nitrogens is 1. The number of nitrogens with one attached hydrogen (secondary N) is 2. The predicted molar refractivity (Wildman–Crippen MR) is 114 cm³/mol. The molecule has 1 aromatic carbocycles. The van der Waals surface area contributed by atoms with Crippen LogP contribution in [0.25, 0.3) is 11.0 Å². The highest BCUT2D eigenvalue weighted by Crippen LogP contribution is 2.19. The highest BCUT2D eigenvalue weighted by atomic mass is 16.3. The van der Waals surface area contributed by atoms with E-state index in [2.05, 4.69) is 43.7 Å². The Balaban J connectivity index is 1.23. The summed E-state index contributed by atoms with van der Waals surface area (Å²) in [6, 6.07) is 16.7. The van der Waals surface area contributed by atoms with Crippen molar-refractivity contribution in [3.8, 4) is 0 Å². The number of piperidine rings is 1. The molecule has 2 N–H and O–H groups in total. The van der Waals surface area contributed by atoms with Gasteiger partial charge in [0, 0.05) is 50.7 Å². The van der Waals surface area contributed by atoms with Crippen LogP contribution in [-0.4, -0.2) is 43.7 Å². The molecule has 6 heteroatoms. The minimum atomic E-state index is 0.428. The monoisotopic (exact) mass is 377 g/mol. The first-order valence-electron chi connectivity index (χ1n) is 9.92. The van der Waals surface area contributed by atoms with E-state index in [1.54, 1.807) is 0 Å². The van der Waals surface area contributed by atoms with Gasteiger partial charge in [0.2, 0.25) is 0 Å². The van der Waals surface area contributed by atoms with E-state index in [4.69, 9.17) is 4.42 Å². The topological polar surface area (TPSA) is 65.7 Å². The van der Waals surface area contributed by atoms with Gasteiger partial charge in [-0.1, -0.05) is 24.3 Å². The van der Waals surface area contributed by atoms with Crippen LogP contribution >= 0.6 is 0 Å². The molecule has 1 saturated heterocycles. The molecule has 0 unspecified atom stereocenters. The summed E-state index contributed by atoms with van der Waals surface area (Å²) in [7, 11) is 1.82. The van der Waals surface area contributed by atoms with Crippen LogP contribution in [0.15, 0.2) is 64.1 Å². The van der Waals surface area contributed by atoms with Gasteiger partial charge in [0.15, 0.2) is 5.96 Å². The Morgan fingerprint density at radius 3 is 2.75 bits per heavy atom. The third kappa shape index (κ3) is 4.44. The predicted octanol–water partition coefficient (Wildman–Crippen LogP) is 3.20. The number of benzene rings is 1. The van der Waals surface area contributed by atoms with Gasteiger partial charge in [0.05, 0.1) is 0 Å². The van der Waals surface area contributed by atoms with Gasteiger partial charge >= 0.3 is 0 Å². The quantitative estimate of drug-likeness (QED) is 0.528. The Hall–Kier alpha value is -3.02. The van der Waals surface area contributed by atoms with Crippen LogP contribution in [0.4, 0.5) is 5.82 Å². The summed E-state index contributed by atoms with van der Waals surface area (Å²) in [6.45, 7) is 2.79. The van der Waals surface area contributed by atoms with E-state index in [1.807, 2.05) is 43.6 Å². The minimum Gasteiger partial charge on any atom is -0.461 e. The zero-order valence-electron chi connectivity index (χ0n) is 16.3. The molecular weight excluding hydrogens is 350 g/mol. The fourth-order valence-corrected chi connectivity index (χ4v) is 3.65. The van der Waals surface area contributed by atoms with Crippen molar-refractivity contribution >= 4 is 22.7 Å². The molecule has 1 aliphatic rings. The average molecular weight is 377 g/mol. The number of fused-ring (bicyclic) bond motifs is 1. The van der Waals surface area contributed by atoms with Gasteiger partial charge < -0.3 is 20.0 Å². The van der Waals surface area contributed by atoms with Gasteiger partial charge in [0.1, 0.15) is 17.2 Å². The normalized spacial score (nSPS) is 15.8. The lowest BCUT2D eigenvalue weighted by Gasteiger charge is -2.33. The average Bonchev–Trinajstić information content (AvgIpc) is 3.17. The number of para-hydroxylation sites is 1. The van der Waals surface area contributed by atoms with E-state index < -0.39 is 0 Å². The standard InChI is InChI=1S/C22H27N5O/c1-23-22(25-13-9-19-16-17-6-2-3-7-20(17)28-19)26-18-10-14-27(15-11-18)21-8-4-5-12-24-21/h2-8,12,16,18H,9-11,13-15H2,1H3,(H2,23,25,26). The van der Waals surface area contributed by atoms with E-state index in [-0.39, 0.29) is 0 Å². The zero-order valence-corrected chi connectivity index (χ0v) is 16.3. The molecule has 0 aliphatic carbocycles. The maximum atomic E-state index is 5.88. The molecule has 28 heavy (non-hydrogen) atoms. The fourth-order valence-electron chi connectivity index (χ4n) is 3.65. The smallest absolute Gasteiger partial charge is 0.191 e. The maximum absolute atomic E-state index is 5.88. The van der Waals surface area contributed by atoms with Gasteiger partial charge in [-0.15, -0.1) is 0 Å². The fraction of sp³-hybridized carbons (Fsp3) is 0.364. The second-order valence-electron chi connectivity index (χ2n) is 7.09. The molecule has 2 aromatic heterocycles. The van der Waals surface area contributed by atoms with E-state index >= 15 is 0 Å². The van der Waals surface area contributed by atoms with E-state index in [0.29, 0.717) is 6.04 Å². The van der Waals surface area contributed by atoms with Crippen LogP contribution in [0.5, 0.6) is 0 Å². The summed E-state index contributed by atoms with van der Waals surface area (Å²) in [5.41, 5.74) is 0.944. The Bertz CT molecular complexity index is 880. The second-order valence-corrected chi connectivity index (χ2v) is 7.09. The molecule has 3 aromatic rings. The van der Waals surface area contributed by atoms with Crippen molar-refractivity contribution in [2.75, 3.05) is 31.6 Å². The van der Waals surface area contributed by atoms with Crippen molar-refractivity contribution in [1.82, 2.24) is 15.6 Å². The summed E-state index contributed by atoms with van der Waals surface area (Å²) >= 11 is 0. The van der Waals surface area contributed by atoms with Crippen LogP contribution in [0, 0.1) is 0 Å². The summed E-state index contributed by atoms with van der Waals surface area (Å²) in [4.78, 5) is 11.2. The van der Waals surface area contributed by atoms with Crippen molar-refractivity contribution in [1.29, 1.82) is 0 Å². The Morgan fingerprint density at radius 1 is 1.18 bits per heavy atom. The molecule has 6 nitrogen and oxygen atoms in total. The number of guanidine groups is 1. The van der Waals surface area contributed by atoms with Crippen LogP contribution in [0.3, 0.4) is 0 Å². The lowest BCUT2D eigenvalue weighted by molar-refractivity contribution is 0.459. The molecule has 0 saturated carbocycles. The second kappa shape index (κ2) is 8.78. The number of hydrogen-bond donors (Lipinski definition) is 2. The van der Waals surface area contributed by atoms with E-state index in [0.717, 1.165) is 67.4 Å². The highest BCUT2D eigenvalue weighted by Gasteiger charge is 2.20.